The predicted octanol–water partition coefficient (Wildman–Crippen LogP) is 14.4. The van der Waals surface area contributed by atoms with Crippen LogP contribution in [-0.2, 0) is 0 Å². The minimum Gasteiger partial charge on any atom is -0.494 e. The van der Waals surface area contributed by atoms with Crippen molar-refractivity contribution in [3.63, 3.8) is 0 Å². The lowest BCUT2D eigenvalue weighted by Crippen LogP contribution is -2.33. The van der Waals surface area contributed by atoms with Crippen molar-refractivity contribution in [2.45, 2.75) is 104 Å². The van der Waals surface area contributed by atoms with E-state index in [2.05, 4.69) is 129 Å². The van der Waals surface area contributed by atoms with Gasteiger partial charge < -0.3 is 20.1 Å². The number of benzene rings is 2. The molecule has 0 radical (unpaired) electrons. The number of halogens is 2. The van der Waals surface area contributed by atoms with Crippen LogP contribution in [0.2, 0.25) is 0 Å². The standard InChI is InChI=1S/C44H52Br2N2O2S2/c1-3-5-7-9-11-13-27-49-33-19-15-17-31(29-33)41-42(32-18-16-20-34(30-32)50-28-14-12-10-8-6-4-2)48-44-36(38-24-26-40(46)52-38)22-21-35(43(44)47-41)37-23-25-39(45)51-37/h15-20,23-26,29-30,47-48H,3-14,21-22,27-28H2,1-2H3. The topological polar surface area (TPSA) is 42.5 Å². The van der Waals surface area contributed by atoms with Gasteiger partial charge in [0.1, 0.15) is 11.5 Å². The van der Waals surface area contributed by atoms with E-state index in [1.54, 1.807) is 22.7 Å². The van der Waals surface area contributed by atoms with Gasteiger partial charge in [-0.1, -0.05) is 102 Å². The molecule has 2 aromatic heterocycles. The molecule has 0 fully saturated rings. The molecule has 3 heterocycles. The van der Waals surface area contributed by atoms with Gasteiger partial charge in [0, 0.05) is 20.9 Å². The van der Waals surface area contributed by atoms with E-state index in [0.29, 0.717) is 0 Å². The van der Waals surface area contributed by atoms with Crippen LogP contribution in [0.1, 0.15) is 125 Å². The number of rotatable bonds is 20. The summed E-state index contributed by atoms with van der Waals surface area (Å²) in [6.07, 6.45) is 16.9. The highest BCUT2D eigenvalue weighted by Gasteiger charge is 2.32. The summed E-state index contributed by atoms with van der Waals surface area (Å²) in [5.41, 5.74) is 9.22. The number of hydrogen-bond acceptors (Lipinski definition) is 6. The molecule has 2 N–H and O–H groups in total. The van der Waals surface area contributed by atoms with Crippen LogP contribution < -0.4 is 20.1 Å². The Kier molecular flexibility index (Phi) is 15.0. The van der Waals surface area contributed by atoms with Crippen LogP contribution in [0, 0.1) is 0 Å². The van der Waals surface area contributed by atoms with Crippen LogP contribution in [0.25, 0.3) is 22.5 Å². The lowest BCUT2D eigenvalue weighted by molar-refractivity contribution is 0.304. The zero-order valence-corrected chi connectivity index (χ0v) is 35.4. The number of unbranched alkanes of at least 4 members (excludes halogenated alkanes) is 10. The maximum Gasteiger partial charge on any atom is 0.119 e. The van der Waals surface area contributed by atoms with Gasteiger partial charge in [0.2, 0.25) is 0 Å². The van der Waals surface area contributed by atoms with Gasteiger partial charge in [0.25, 0.3) is 0 Å². The van der Waals surface area contributed by atoms with Crippen molar-refractivity contribution in [1.82, 2.24) is 10.6 Å². The number of fused-ring (bicyclic) bond motifs is 1. The van der Waals surface area contributed by atoms with Crippen molar-refractivity contribution >= 4 is 77.1 Å². The Labute approximate surface area is 336 Å². The van der Waals surface area contributed by atoms with Gasteiger partial charge in [-0.25, -0.2) is 0 Å². The third-order valence-electron chi connectivity index (χ3n) is 9.75. The molecule has 276 valence electrons. The van der Waals surface area contributed by atoms with Gasteiger partial charge in [-0.05, 0) is 117 Å². The molecule has 1 aliphatic heterocycles. The number of hydrogen-bond donors (Lipinski definition) is 2. The predicted molar refractivity (Wildman–Crippen MR) is 231 cm³/mol. The van der Waals surface area contributed by atoms with Gasteiger partial charge in [-0.3, -0.25) is 0 Å². The minimum absolute atomic E-state index is 0.736. The van der Waals surface area contributed by atoms with E-state index in [0.717, 1.165) is 91.9 Å². The van der Waals surface area contributed by atoms with Crippen molar-refractivity contribution in [3.05, 3.63) is 113 Å². The molecule has 0 atom stereocenters. The number of thiophene rings is 2. The van der Waals surface area contributed by atoms with Gasteiger partial charge in [0.05, 0.1) is 43.6 Å². The summed E-state index contributed by atoms with van der Waals surface area (Å²) in [5.74, 6) is 1.81. The highest BCUT2D eigenvalue weighted by atomic mass is 79.9. The summed E-state index contributed by atoms with van der Waals surface area (Å²) in [6, 6.07) is 26.0. The third kappa shape index (κ3) is 10.5. The Bertz CT molecular complexity index is 1740. The van der Waals surface area contributed by atoms with Gasteiger partial charge in [-0.2, -0.15) is 0 Å². The summed E-state index contributed by atoms with van der Waals surface area (Å²) in [7, 11) is 0. The smallest absolute Gasteiger partial charge is 0.119 e. The fourth-order valence-electron chi connectivity index (χ4n) is 6.96. The lowest BCUT2D eigenvalue weighted by Gasteiger charge is -2.35. The molecule has 2 aliphatic rings. The first-order valence-corrected chi connectivity index (χ1v) is 22.5. The van der Waals surface area contributed by atoms with Crippen LogP contribution in [0.15, 0.2) is 91.8 Å². The molecule has 4 nitrogen and oxygen atoms in total. The van der Waals surface area contributed by atoms with E-state index >= 15 is 0 Å². The molecule has 4 aromatic rings. The Morgan fingerprint density at radius 3 is 1.35 bits per heavy atom. The molecule has 0 spiro atoms. The van der Waals surface area contributed by atoms with Crippen LogP contribution >= 0.6 is 54.5 Å². The Morgan fingerprint density at radius 1 is 0.519 bits per heavy atom. The van der Waals surface area contributed by atoms with E-state index in [1.807, 2.05) is 0 Å². The first kappa shape index (κ1) is 38.9. The lowest BCUT2D eigenvalue weighted by atomic mass is 9.88. The summed E-state index contributed by atoms with van der Waals surface area (Å²) >= 11 is 11.0. The third-order valence-corrected chi connectivity index (χ3v) is 13.1. The quantitative estimate of drug-likeness (QED) is 0.0869. The highest BCUT2D eigenvalue weighted by Crippen LogP contribution is 2.46. The second-order valence-electron chi connectivity index (χ2n) is 13.7. The van der Waals surface area contributed by atoms with Crippen LogP contribution in [0.3, 0.4) is 0 Å². The normalized spacial score (nSPS) is 14.4. The second kappa shape index (κ2) is 20.1. The van der Waals surface area contributed by atoms with E-state index in [-0.39, 0.29) is 0 Å². The first-order valence-electron chi connectivity index (χ1n) is 19.3. The van der Waals surface area contributed by atoms with E-state index in [4.69, 9.17) is 9.47 Å². The molecule has 1 aliphatic carbocycles. The number of ether oxygens (including phenoxy) is 2. The highest BCUT2D eigenvalue weighted by molar-refractivity contribution is 9.11. The molecular formula is C44H52Br2N2O2S2. The van der Waals surface area contributed by atoms with Gasteiger partial charge in [-0.15, -0.1) is 22.7 Å². The molecule has 0 saturated heterocycles. The second-order valence-corrected chi connectivity index (χ2v) is 18.6. The van der Waals surface area contributed by atoms with Gasteiger partial charge >= 0.3 is 0 Å². The number of nitrogens with one attached hydrogen (secondary N) is 2. The van der Waals surface area contributed by atoms with Crippen molar-refractivity contribution in [3.8, 4) is 11.5 Å². The average Bonchev–Trinajstić information content (AvgIpc) is 3.81. The Balaban J connectivity index is 1.36. The molecule has 0 unspecified atom stereocenters. The Morgan fingerprint density at radius 2 is 0.942 bits per heavy atom. The van der Waals surface area contributed by atoms with Gasteiger partial charge in [0.15, 0.2) is 0 Å². The first-order chi connectivity index (χ1) is 25.5. The average molecular weight is 865 g/mol. The fraction of sp³-hybridized carbons (Fsp3) is 0.409. The fourth-order valence-corrected chi connectivity index (χ4v) is 9.89. The summed E-state index contributed by atoms with van der Waals surface area (Å²) in [5, 5.41) is 8.06. The monoisotopic (exact) mass is 862 g/mol. The van der Waals surface area contributed by atoms with E-state index in [9.17, 15) is 0 Å². The summed E-state index contributed by atoms with van der Waals surface area (Å²) < 4.78 is 15.0. The maximum atomic E-state index is 6.35. The molecule has 8 heteroatoms. The molecule has 0 saturated carbocycles. The van der Waals surface area contributed by atoms with Crippen LogP contribution in [0.4, 0.5) is 0 Å². The van der Waals surface area contributed by atoms with Crippen molar-refractivity contribution in [2.24, 2.45) is 0 Å². The molecule has 52 heavy (non-hydrogen) atoms. The molecule has 2 aromatic carbocycles. The molecule has 0 bridgehead atoms. The van der Waals surface area contributed by atoms with Crippen molar-refractivity contribution in [1.29, 1.82) is 0 Å². The SMILES string of the molecule is CCCCCCCCOc1cccc(C2=C(c3cccc(OCCCCCCCC)c3)NC3=C(c4ccc(Br)s4)CCC(c4ccc(Br)s4)=C3N2)c1. The summed E-state index contributed by atoms with van der Waals surface area (Å²) in [6.45, 7) is 6.00. The van der Waals surface area contributed by atoms with E-state index < -0.39 is 0 Å². The zero-order valence-electron chi connectivity index (χ0n) is 30.6. The zero-order chi connectivity index (χ0) is 36.1. The maximum absolute atomic E-state index is 6.35. The molecular weight excluding hydrogens is 812 g/mol. The van der Waals surface area contributed by atoms with Crippen molar-refractivity contribution < 1.29 is 9.47 Å². The molecule has 0 amide bonds. The van der Waals surface area contributed by atoms with E-state index in [1.165, 1.54) is 85.1 Å². The van der Waals surface area contributed by atoms with Crippen LogP contribution in [-0.4, -0.2) is 13.2 Å². The minimum atomic E-state index is 0.736. The van der Waals surface area contributed by atoms with Crippen molar-refractivity contribution in [2.75, 3.05) is 13.2 Å². The Hall–Kier alpha value is -2.78. The largest absolute Gasteiger partial charge is 0.494 e. The van der Waals surface area contributed by atoms with Crippen LogP contribution in [0.5, 0.6) is 11.5 Å². The number of allylic oxidation sites excluding steroid dienone is 2. The molecule has 6 rings (SSSR count). The summed E-state index contributed by atoms with van der Waals surface area (Å²) in [4.78, 5) is 2.56.